The van der Waals surface area contributed by atoms with Gasteiger partial charge in [-0.3, -0.25) is 4.79 Å². The average Bonchev–Trinajstić information content (AvgIpc) is 2.47. The van der Waals surface area contributed by atoms with Crippen LogP contribution in [0.2, 0.25) is 0 Å². The van der Waals surface area contributed by atoms with E-state index in [0.717, 1.165) is 5.82 Å². The molecule has 0 saturated carbocycles. The molecule has 0 unspecified atom stereocenters. The summed E-state index contributed by atoms with van der Waals surface area (Å²) in [5, 5.41) is 0. The molecule has 1 heterocycles. The Labute approximate surface area is 77.8 Å². The van der Waals surface area contributed by atoms with Gasteiger partial charge in [-0.05, 0) is 0 Å². The molecule has 0 atom stereocenters. The normalized spacial score (nSPS) is 10.7. The second-order valence-electron chi connectivity index (χ2n) is 3.35. The largest absolute Gasteiger partial charge is 0.370 e. The first-order chi connectivity index (χ1) is 6.11. The van der Waals surface area contributed by atoms with Crippen LogP contribution >= 0.6 is 0 Å². The van der Waals surface area contributed by atoms with Crippen molar-refractivity contribution in [3.8, 4) is 0 Å². The lowest BCUT2D eigenvalue weighted by molar-refractivity contribution is -0.118. The molecule has 0 radical (unpaired) electrons. The number of amides is 1. The fraction of sp³-hybridized carbons (Fsp3) is 0.556. The molecule has 2 N–H and O–H groups in total. The van der Waals surface area contributed by atoms with Crippen molar-refractivity contribution >= 4 is 5.91 Å². The van der Waals surface area contributed by atoms with Crippen molar-refractivity contribution in [1.29, 1.82) is 0 Å². The molecule has 0 aromatic carbocycles. The van der Waals surface area contributed by atoms with Crippen LogP contribution in [0.15, 0.2) is 12.4 Å². The van der Waals surface area contributed by atoms with E-state index in [0.29, 0.717) is 18.9 Å². The van der Waals surface area contributed by atoms with Crippen molar-refractivity contribution in [3.63, 3.8) is 0 Å². The van der Waals surface area contributed by atoms with Crippen LogP contribution < -0.4 is 5.73 Å². The lowest BCUT2D eigenvalue weighted by atomic mass is 10.2. The molecule has 13 heavy (non-hydrogen) atoms. The molecule has 1 amide bonds. The molecule has 1 aromatic heterocycles. The minimum atomic E-state index is -0.275. The van der Waals surface area contributed by atoms with Crippen molar-refractivity contribution < 1.29 is 4.79 Å². The third kappa shape index (κ3) is 2.57. The monoisotopic (exact) mass is 181 g/mol. The summed E-state index contributed by atoms with van der Waals surface area (Å²) in [7, 11) is 0. The Balaban J connectivity index is 2.65. The van der Waals surface area contributed by atoms with Crippen molar-refractivity contribution in [1.82, 2.24) is 9.55 Å². The molecule has 0 spiro atoms. The van der Waals surface area contributed by atoms with Gasteiger partial charge in [0.05, 0.1) is 0 Å². The van der Waals surface area contributed by atoms with Gasteiger partial charge in [0.1, 0.15) is 5.82 Å². The van der Waals surface area contributed by atoms with E-state index in [4.69, 9.17) is 5.73 Å². The highest BCUT2D eigenvalue weighted by molar-refractivity contribution is 5.73. The molecule has 0 aliphatic carbocycles. The lowest BCUT2D eigenvalue weighted by Crippen LogP contribution is -2.15. The lowest BCUT2D eigenvalue weighted by Gasteiger charge is -2.08. The fourth-order valence-corrected chi connectivity index (χ4v) is 1.24. The van der Waals surface area contributed by atoms with Crippen LogP contribution in [0.5, 0.6) is 0 Å². The molecule has 0 aliphatic rings. The summed E-state index contributed by atoms with van der Waals surface area (Å²) >= 11 is 0. The zero-order valence-corrected chi connectivity index (χ0v) is 8.03. The summed E-state index contributed by atoms with van der Waals surface area (Å²) in [4.78, 5) is 14.8. The summed E-state index contributed by atoms with van der Waals surface area (Å²) in [6.45, 7) is 4.77. The van der Waals surface area contributed by atoms with Crippen LogP contribution in [0.25, 0.3) is 0 Å². The van der Waals surface area contributed by atoms with Gasteiger partial charge in [-0.25, -0.2) is 4.98 Å². The number of hydrogen-bond acceptors (Lipinski definition) is 2. The zero-order valence-electron chi connectivity index (χ0n) is 8.03. The highest BCUT2D eigenvalue weighted by Crippen LogP contribution is 2.11. The first kappa shape index (κ1) is 9.77. The van der Waals surface area contributed by atoms with Crippen LogP contribution in [0.1, 0.15) is 32.0 Å². The summed E-state index contributed by atoms with van der Waals surface area (Å²) in [5.74, 6) is 1.10. The molecule has 4 heteroatoms. The SMILES string of the molecule is CC(C)c1nccn1CCC(N)=O. The number of rotatable bonds is 4. The Kier molecular flexibility index (Phi) is 3.06. The number of hydrogen-bond donors (Lipinski definition) is 1. The van der Waals surface area contributed by atoms with Gasteiger partial charge in [0.15, 0.2) is 0 Å². The molecule has 1 aromatic rings. The van der Waals surface area contributed by atoms with E-state index in [1.807, 2.05) is 10.8 Å². The number of aromatic nitrogens is 2. The second kappa shape index (κ2) is 4.07. The van der Waals surface area contributed by atoms with E-state index in [2.05, 4.69) is 18.8 Å². The van der Waals surface area contributed by atoms with Gasteiger partial charge in [0, 0.05) is 31.3 Å². The topological polar surface area (TPSA) is 60.9 Å². The molecule has 1 rings (SSSR count). The Hall–Kier alpha value is -1.32. The molecule has 0 saturated heterocycles. The minimum absolute atomic E-state index is 0.275. The van der Waals surface area contributed by atoms with Gasteiger partial charge < -0.3 is 10.3 Å². The summed E-state index contributed by atoms with van der Waals surface area (Å²) < 4.78 is 1.97. The molecule has 0 bridgehead atoms. The van der Waals surface area contributed by atoms with E-state index < -0.39 is 0 Å². The summed E-state index contributed by atoms with van der Waals surface area (Å²) in [6, 6.07) is 0. The maximum atomic E-state index is 10.6. The quantitative estimate of drug-likeness (QED) is 0.749. The predicted molar refractivity (Wildman–Crippen MR) is 50.1 cm³/mol. The van der Waals surface area contributed by atoms with Crippen LogP contribution in [0, 0.1) is 0 Å². The van der Waals surface area contributed by atoms with E-state index in [-0.39, 0.29) is 5.91 Å². The standard InChI is InChI=1S/C9H15N3O/c1-7(2)9-11-4-6-12(9)5-3-8(10)13/h4,6-7H,3,5H2,1-2H3,(H2,10,13). The smallest absolute Gasteiger partial charge is 0.219 e. The average molecular weight is 181 g/mol. The van der Waals surface area contributed by atoms with E-state index in [1.165, 1.54) is 0 Å². The van der Waals surface area contributed by atoms with Crippen molar-refractivity contribution in [3.05, 3.63) is 18.2 Å². The number of nitrogens with two attached hydrogens (primary N) is 1. The highest BCUT2D eigenvalue weighted by Gasteiger charge is 2.06. The predicted octanol–water partition coefficient (Wildman–Crippen LogP) is 0.882. The zero-order chi connectivity index (χ0) is 9.84. The van der Waals surface area contributed by atoms with Gasteiger partial charge in [0.25, 0.3) is 0 Å². The van der Waals surface area contributed by atoms with Crippen LogP contribution in [-0.4, -0.2) is 15.5 Å². The second-order valence-corrected chi connectivity index (χ2v) is 3.35. The number of primary amides is 1. The number of carbonyl (C=O) groups is 1. The minimum Gasteiger partial charge on any atom is -0.370 e. The molecule has 0 aliphatic heterocycles. The van der Waals surface area contributed by atoms with Gasteiger partial charge in [-0.1, -0.05) is 13.8 Å². The number of nitrogens with zero attached hydrogens (tertiary/aromatic N) is 2. The highest BCUT2D eigenvalue weighted by atomic mass is 16.1. The maximum absolute atomic E-state index is 10.6. The molecule has 4 nitrogen and oxygen atoms in total. The van der Waals surface area contributed by atoms with Gasteiger partial charge in [-0.15, -0.1) is 0 Å². The Bertz CT molecular complexity index is 291. The van der Waals surface area contributed by atoms with Gasteiger partial charge in [-0.2, -0.15) is 0 Å². The van der Waals surface area contributed by atoms with Crippen molar-refractivity contribution in [2.75, 3.05) is 0 Å². The van der Waals surface area contributed by atoms with Crippen LogP contribution in [0.3, 0.4) is 0 Å². The first-order valence-corrected chi connectivity index (χ1v) is 4.40. The van der Waals surface area contributed by atoms with Crippen molar-refractivity contribution in [2.45, 2.75) is 32.7 Å². The van der Waals surface area contributed by atoms with Crippen LogP contribution in [0.4, 0.5) is 0 Å². The third-order valence-corrected chi connectivity index (χ3v) is 1.86. The van der Waals surface area contributed by atoms with E-state index in [1.54, 1.807) is 6.20 Å². The van der Waals surface area contributed by atoms with Gasteiger partial charge in [0.2, 0.25) is 5.91 Å². The molecule has 0 fully saturated rings. The van der Waals surface area contributed by atoms with E-state index >= 15 is 0 Å². The third-order valence-electron chi connectivity index (χ3n) is 1.86. The Morgan fingerprint density at radius 1 is 1.69 bits per heavy atom. The van der Waals surface area contributed by atoms with Gasteiger partial charge >= 0.3 is 0 Å². The number of imidazole rings is 1. The molecular formula is C9H15N3O. The van der Waals surface area contributed by atoms with Crippen molar-refractivity contribution in [2.24, 2.45) is 5.73 Å². The first-order valence-electron chi connectivity index (χ1n) is 4.40. The number of aryl methyl sites for hydroxylation is 1. The summed E-state index contributed by atoms with van der Waals surface area (Å²) in [6.07, 6.45) is 3.99. The Morgan fingerprint density at radius 3 is 2.92 bits per heavy atom. The van der Waals surface area contributed by atoms with E-state index in [9.17, 15) is 4.79 Å². The maximum Gasteiger partial charge on any atom is 0.219 e. The van der Waals surface area contributed by atoms with Crippen LogP contribution in [-0.2, 0) is 11.3 Å². The molecular weight excluding hydrogens is 166 g/mol. The number of carbonyl (C=O) groups excluding carboxylic acids is 1. The Morgan fingerprint density at radius 2 is 2.38 bits per heavy atom. The fourth-order valence-electron chi connectivity index (χ4n) is 1.24. The molecule has 72 valence electrons. The summed E-state index contributed by atoms with van der Waals surface area (Å²) in [5.41, 5.74) is 5.06.